The summed E-state index contributed by atoms with van der Waals surface area (Å²) in [4.78, 5) is 4.41. The fourth-order valence-electron chi connectivity index (χ4n) is 2.10. The first-order chi connectivity index (χ1) is 11.3. The van der Waals surface area contributed by atoms with Crippen molar-refractivity contribution in [1.29, 1.82) is 0 Å². The zero-order chi connectivity index (χ0) is 15.9. The van der Waals surface area contributed by atoms with E-state index in [4.69, 9.17) is 16.3 Å². The molecule has 3 heteroatoms. The van der Waals surface area contributed by atoms with Crippen molar-refractivity contribution in [1.82, 2.24) is 0 Å². The van der Waals surface area contributed by atoms with Crippen LogP contribution in [0.15, 0.2) is 83.9 Å². The Balaban J connectivity index is 1.61. The van der Waals surface area contributed by atoms with Crippen molar-refractivity contribution in [2.24, 2.45) is 4.99 Å². The lowest BCUT2D eigenvalue weighted by Crippen LogP contribution is -1.94. The van der Waals surface area contributed by atoms with Gasteiger partial charge in [-0.1, -0.05) is 48.0 Å². The largest absolute Gasteiger partial charge is 0.489 e. The Bertz CT molecular complexity index is 782. The van der Waals surface area contributed by atoms with Crippen molar-refractivity contribution in [3.05, 3.63) is 95.0 Å². The second-order valence-corrected chi connectivity index (χ2v) is 5.52. The molecule has 3 aromatic rings. The van der Waals surface area contributed by atoms with Crippen LogP contribution in [-0.4, -0.2) is 6.21 Å². The molecule has 0 aliphatic heterocycles. The number of nitrogens with zero attached hydrogens (tertiary/aromatic N) is 1. The molecule has 0 saturated heterocycles. The van der Waals surface area contributed by atoms with Gasteiger partial charge in [-0.15, -0.1) is 0 Å². The number of benzene rings is 3. The van der Waals surface area contributed by atoms with Crippen LogP contribution in [0.5, 0.6) is 5.75 Å². The fourth-order valence-corrected chi connectivity index (χ4v) is 2.28. The second-order valence-electron chi connectivity index (χ2n) is 5.08. The van der Waals surface area contributed by atoms with Gasteiger partial charge in [0.05, 0.1) is 5.69 Å². The molecule has 0 aromatic heterocycles. The number of aliphatic imine (C=N–C) groups is 1. The average Bonchev–Trinajstić information content (AvgIpc) is 2.60. The van der Waals surface area contributed by atoms with E-state index in [0.29, 0.717) is 11.6 Å². The minimum atomic E-state index is 0.566. The summed E-state index contributed by atoms with van der Waals surface area (Å²) >= 11 is 5.94. The lowest BCUT2D eigenvalue weighted by molar-refractivity contribution is 0.306. The summed E-state index contributed by atoms with van der Waals surface area (Å²) in [5.74, 6) is 0.841. The Hall–Kier alpha value is -2.58. The highest BCUT2D eigenvalue weighted by molar-refractivity contribution is 6.30. The maximum Gasteiger partial charge on any atom is 0.119 e. The second kappa shape index (κ2) is 7.61. The van der Waals surface area contributed by atoms with Gasteiger partial charge in [0.1, 0.15) is 12.4 Å². The number of rotatable bonds is 5. The number of ether oxygens (including phenoxy) is 1. The quantitative estimate of drug-likeness (QED) is 0.555. The standard InChI is InChI=1S/C20H16ClNO/c21-18-7-4-8-19(13-18)22-14-16-9-11-20(12-10-16)23-15-17-5-2-1-3-6-17/h1-14H,15H2. The highest BCUT2D eigenvalue weighted by Gasteiger charge is 1.96. The molecule has 0 amide bonds. The number of hydrogen-bond donors (Lipinski definition) is 0. The highest BCUT2D eigenvalue weighted by Crippen LogP contribution is 2.18. The van der Waals surface area contributed by atoms with Crippen LogP contribution in [0.2, 0.25) is 5.02 Å². The predicted octanol–water partition coefficient (Wildman–Crippen LogP) is 5.67. The van der Waals surface area contributed by atoms with Crippen molar-refractivity contribution in [3.8, 4) is 5.75 Å². The summed E-state index contributed by atoms with van der Waals surface area (Å²) in [6.45, 7) is 0.566. The molecule has 0 unspecified atom stereocenters. The van der Waals surface area contributed by atoms with Crippen LogP contribution in [0.4, 0.5) is 5.69 Å². The maximum absolute atomic E-state index is 5.94. The SMILES string of the molecule is Clc1cccc(N=Cc2ccc(OCc3ccccc3)cc2)c1. The molecule has 0 fully saturated rings. The van der Waals surface area contributed by atoms with Gasteiger partial charge in [-0.3, -0.25) is 4.99 Å². The molecule has 3 rings (SSSR count). The Morgan fingerprint density at radius 2 is 1.65 bits per heavy atom. The summed E-state index contributed by atoms with van der Waals surface area (Å²) in [5, 5.41) is 0.685. The van der Waals surface area contributed by atoms with E-state index in [1.54, 1.807) is 0 Å². The Morgan fingerprint density at radius 3 is 2.39 bits per heavy atom. The maximum atomic E-state index is 5.94. The number of hydrogen-bond acceptors (Lipinski definition) is 2. The molecule has 3 aromatic carbocycles. The predicted molar refractivity (Wildman–Crippen MR) is 95.9 cm³/mol. The molecule has 114 valence electrons. The van der Waals surface area contributed by atoms with Crippen LogP contribution in [0.3, 0.4) is 0 Å². The lowest BCUT2D eigenvalue weighted by Gasteiger charge is -2.06. The Morgan fingerprint density at radius 1 is 0.870 bits per heavy atom. The van der Waals surface area contributed by atoms with Gasteiger partial charge in [0.25, 0.3) is 0 Å². The minimum Gasteiger partial charge on any atom is -0.489 e. The molecule has 2 nitrogen and oxygen atoms in total. The molecular formula is C20H16ClNO. The van der Waals surface area contributed by atoms with Gasteiger partial charge in [-0.25, -0.2) is 0 Å². The monoisotopic (exact) mass is 321 g/mol. The third-order valence-corrected chi connectivity index (χ3v) is 3.53. The minimum absolute atomic E-state index is 0.566. The van der Waals surface area contributed by atoms with E-state index >= 15 is 0 Å². The molecular weight excluding hydrogens is 306 g/mol. The van der Waals surface area contributed by atoms with Crippen molar-refractivity contribution in [3.63, 3.8) is 0 Å². The van der Waals surface area contributed by atoms with Crippen LogP contribution in [0.25, 0.3) is 0 Å². The Kier molecular flexibility index (Phi) is 5.07. The van der Waals surface area contributed by atoms with E-state index in [2.05, 4.69) is 4.99 Å². The van der Waals surface area contributed by atoms with Gasteiger partial charge in [0.2, 0.25) is 0 Å². The normalized spacial score (nSPS) is 10.8. The summed E-state index contributed by atoms with van der Waals surface area (Å²) in [6, 6.07) is 25.4. The molecule has 0 radical (unpaired) electrons. The van der Waals surface area contributed by atoms with Gasteiger partial charge in [-0.05, 0) is 53.6 Å². The van der Waals surface area contributed by atoms with E-state index in [0.717, 1.165) is 22.6 Å². The van der Waals surface area contributed by atoms with E-state index in [-0.39, 0.29) is 0 Å². The van der Waals surface area contributed by atoms with Crippen LogP contribution in [0, 0.1) is 0 Å². The van der Waals surface area contributed by atoms with Gasteiger partial charge >= 0.3 is 0 Å². The summed E-state index contributed by atoms with van der Waals surface area (Å²) in [6.07, 6.45) is 1.81. The third kappa shape index (κ3) is 4.70. The van der Waals surface area contributed by atoms with Gasteiger partial charge in [0.15, 0.2) is 0 Å². The van der Waals surface area contributed by atoms with Crippen molar-refractivity contribution in [2.75, 3.05) is 0 Å². The van der Waals surface area contributed by atoms with E-state index in [9.17, 15) is 0 Å². The molecule has 0 aliphatic carbocycles. The van der Waals surface area contributed by atoms with Crippen molar-refractivity contribution < 1.29 is 4.74 Å². The van der Waals surface area contributed by atoms with Crippen LogP contribution in [-0.2, 0) is 6.61 Å². The zero-order valence-electron chi connectivity index (χ0n) is 12.5. The topological polar surface area (TPSA) is 21.6 Å². The molecule has 0 bridgehead atoms. The van der Waals surface area contributed by atoms with Crippen LogP contribution < -0.4 is 4.74 Å². The van der Waals surface area contributed by atoms with E-state index < -0.39 is 0 Å². The zero-order valence-corrected chi connectivity index (χ0v) is 13.3. The molecule has 23 heavy (non-hydrogen) atoms. The highest BCUT2D eigenvalue weighted by atomic mass is 35.5. The first-order valence-corrected chi connectivity index (χ1v) is 7.74. The molecule has 0 aliphatic rings. The van der Waals surface area contributed by atoms with Crippen molar-refractivity contribution in [2.45, 2.75) is 6.61 Å². The van der Waals surface area contributed by atoms with Crippen LogP contribution in [0.1, 0.15) is 11.1 Å². The molecule has 0 heterocycles. The third-order valence-electron chi connectivity index (χ3n) is 3.30. The lowest BCUT2D eigenvalue weighted by atomic mass is 10.2. The molecule has 0 N–H and O–H groups in total. The summed E-state index contributed by atoms with van der Waals surface area (Å²) < 4.78 is 5.76. The first kappa shape index (κ1) is 15.3. The van der Waals surface area contributed by atoms with Gasteiger partial charge in [-0.2, -0.15) is 0 Å². The van der Waals surface area contributed by atoms with Crippen molar-refractivity contribution >= 4 is 23.5 Å². The van der Waals surface area contributed by atoms with Gasteiger partial charge in [0, 0.05) is 11.2 Å². The first-order valence-electron chi connectivity index (χ1n) is 7.36. The van der Waals surface area contributed by atoms with Crippen LogP contribution >= 0.6 is 11.6 Å². The van der Waals surface area contributed by atoms with Gasteiger partial charge < -0.3 is 4.74 Å². The number of halogens is 1. The molecule has 0 spiro atoms. The molecule has 0 atom stereocenters. The molecule has 0 saturated carbocycles. The van der Waals surface area contributed by atoms with E-state index in [1.807, 2.05) is 85.1 Å². The smallest absolute Gasteiger partial charge is 0.119 e. The summed E-state index contributed by atoms with van der Waals surface area (Å²) in [5.41, 5.74) is 3.00. The fraction of sp³-hybridized carbons (Fsp3) is 0.0500. The summed E-state index contributed by atoms with van der Waals surface area (Å²) in [7, 11) is 0. The van der Waals surface area contributed by atoms with E-state index in [1.165, 1.54) is 0 Å². The Labute approximate surface area is 141 Å². The average molecular weight is 322 g/mol.